The number of hydrazine groups is 1. The van der Waals surface area contributed by atoms with Gasteiger partial charge in [0.1, 0.15) is 5.92 Å². The molecule has 0 aromatic heterocycles. The molecule has 2 unspecified atom stereocenters. The number of carboxylic acids is 1. The Balaban J connectivity index is 4.10. The van der Waals surface area contributed by atoms with Crippen molar-refractivity contribution in [3.63, 3.8) is 0 Å². The average Bonchev–Trinajstić information content (AvgIpc) is 2.22. The highest BCUT2D eigenvalue weighted by atomic mass is 16.5. The molecular weight excluding hydrogens is 204 g/mol. The van der Waals surface area contributed by atoms with Crippen molar-refractivity contribution in [1.29, 1.82) is 0 Å². The van der Waals surface area contributed by atoms with Gasteiger partial charge in [0, 0.05) is 0 Å². The van der Waals surface area contributed by atoms with Gasteiger partial charge in [0.05, 0.1) is 13.2 Å². The molecule has 3 N–H and O–H groups in total. The molecule has 0 radical (unpaired) electrons. The van der Waals surface area contributed by atoms with Gasteiger partial charge in [-0.2, -0.15) is 0 Å². The number of methoxy groups -OCH3 is 1. The first-order valence-corrected chi connectivity index (χ1v) is 4.26. The van der Waals surface area contributed by atoms with Crippen LogP contribution in [0.3, 0.4) is 0 Å². The van der Waals surface area contributed by atoms with E-state index in [-0.39, 0.29) is 0 Å². The minimum atomic E-state index is -1.20. The summed E-state index contributed by atoms with van der Waals surface area (Å²) in [6.07, 6.45) is -0.752. The van der Waals surface area contributed by atoms with Gasteiger partial charge in [-0.1, -0.05) is 0 Å². The molecule has 2 atom stereocenters. The smallest absolute Gasteiger partial charge is 0.421 e. The predicted octanol–water partition coefficient (Wildman–Crippen LogP) is -0.475. The molecular formula is C8H14N2O5. The maximum atomic E-state index is 11.3. The van der Waals surface area contributed by atoms with Crippen LogP contribution in [0.4, 0.5) is 4.79 Å². The molecule has 0 aliphatic rings. The van der Waals surface area contributed by atoms with E-state index in [4.69, 9.17) is 5.11 Å². The minimum absolute atomic E-state index is 0.529. The number of rotatable bonds is 5. The van der Waals surface area contributed by atoms with Gasteiger partial charge in [0.2, 0.25) is 0 Å². The molecule has 7 heteroatoms. The zero-order valence-corrected chi connectivity index (χ0v) is 8.73. The van der Waals surface area contributed by atoms with Crippen LogP contribution in [0.5, 0.6) is 0 Å². The molecule has 0 saturated heterocycles. The number of hydrogen-bond acceptors (Lipinski definition) is 5. The molecule has 0 aliphatic heterocycles. The number of ketones is 1. The molecule has 7 nitrogen and oxygen atoms in total. The molecule has 0 fully saturated rings. The van der Waals surface area contributed by atoms with E-state index in [9.17, 15) is 14.4 Å². The van der Waals surface area contributed by atoms with Gasteiger partial charge in [-0.15, -0.1) is 0 Å². The van der Waals surface area contributed by atoms with Gasteiger partial charge < -0.3 is 9.84 Å². The number of hydrogen-bond donors (Lipinski definition) is 3. The van der Waals surface area contributed by atoms with E-state index in [1.165, 1.54) is 21.0 Å². The van der Waals surface area contributed by atoms with Crippen LogP contribution in [0.2, 0.25) is 0 Å². The van der Waals surface area contributed by atoms with Crippen LogP contribution in [-0.2, 0) is 14.3 Å². The summed E-state index contributed by atoms with van der Waals surface area (Å²) in [5.74, 6) is -2.85. The number of amides is 1. The van der Waals surface area contributed by atoms with E-state index in [1.54, 1.807) is 0 Å². The van der Waals surface area contributed by atoms with E-state index < -0.39 is 29.8 Å². The molecule has 1 amide bonds. The second kappa shape index (κ2) is 5.97. The first-order valence-electron chi connectivity index (χ1n) is 4.26. The van der Waals surface area contributed by atoms with E-state index in [0.29, 0.717) is 0 Å². The van der Waals surface area contributed by atoms with Crippen LogP contribution in [0, 0.1) is 5.92 Å². The number of nitrogens with one attached hydrogen (secondary N) is 2. The number of carboxylic acid groups (broad SMARTS) is 1. The van der Waals surface area contributed by atoms with Gasteiger partial charge in [0.15, 0.2) is 5.78 Å². The number of aliphatic carboxylic acids is 1. The third-order valence-electron chi connectivity index (χ3n) is 1.80. The van der Waals surface area contributed by atoms with Crippen molar-refractivity contribution >= 4 is 17.8 Å². The monoisotopic (exact) mass is 218 g/mol. The Hall–Kier alpha value is -1.63. The van der Waals surface area contributed by atoms with E-state index in [2.05, 4.69) is 15.6 Å². The van der Waals surface area contributed by atoms with Crippen LogP contribution in [-0.4, -0.2) is 36.1 Å². The van der Waals surface area contributed by atoms with Gasteiger partial charge >= 0.3 is 12.1 Å². The molecule has 0 rings (SSSR count). The second-order valence-electron chi connectivity index (χ2n) is 2.94. The van der Waals surface area contributed by atoms with Crippen LogP contribution < -0.4 is 10.9 Å². The summed E-state index contributed by atoms with van der Waals surface area (Å²) < 4.78 is 4.25. The summed E-state index contributed by atoms with van der Waals surface area (Å²) in [6, 6.07) is -0.796. The molecule has 0 aliphatic carbocycles. The highest BCUT2D eigenvalue weighted by Crippen LogP contribution is 2.00. The topological polar surface area (TPSA) is 105 Å². The molecule has 0 spiro atoms. The standard InChI is InChI=1S/C8H14N2O5/c1-4(7(12)13)6(11)5(2)9-10-8(14)15-3/h4-5,9H,1-3H3,(H,10,14)(H,12,13). The van der Waals surface area contributed by atoms with Crippen molar-refractivity contribution < 1.29 is 24.2 Å². The van der Waals surface area contributed by atoms with Gasteiger partial charge in [0.25, 0.3) is 0 Å². The highest BCUT2D eigenvalue weighted by Gasteiger charge is 2.25. The summed E-state index contributed by atoms with van der Waals surface area (Å²) >= 11 is 0. The zero-order valence-electron chi connectivity index (χ0n) is 8.73. The van der Waals surface area contributed by atoms with Crippen LogP contribution >= 0.6 is 0 Å². The highest BCUT2D eigenvalue weighted by molar-refractivity contribution is 6.00. The van der Waals surface area contributed by atoms with Gasteiger partial charge in [-0.25, -0.2) is 10.2 Å². The third-order valence-corrected chi connectivity index (χ3v) is 1.80. The number of Topliss-reactive ketones (excluding diaryl/α,β-unsaturated/α-hetero) is 1. The van der Waals surface area contributed by atoms with Gasteiger partial charge in [-0.3, -0.25) is 15.0 Å². The number of ether oxygens (including phenoxy) is 1. The number of carbonyl (C=O) groups is 3. The van der Waals surface area contributed by atoms with Crippen LogP contribution in [0.15, 0.2) is 0 Å². The Morgan fingerprint density at radius 3 is 2.20 bits per heavy atom. The SMILES string of the molecule is COC(=O)NNC(C)C(=O)C(C)C(=O)O. The van der Waals surface area contributed by atoms with E-state index >= 15 is 0 Å². The first kappa shape index (κ1) is 13.4. The molecule has 0 heterocycles. The molecule has 0 bridgehead atoms. The quantitative estimate of drug-likeness (QED) is 0.425. The average molecular weight is 218 g/mol. The van der Waals surface area contributed by atoms with Crippen molar-refractivity contribution in [1.82, 2.24) is 10.9 Å². The van der Waals surface area contributed by atoms with Crippen molar-refractivity contribution in [2.45, 2.75) is 19.9 Å². The lowest BCUT2D eigenvalue weighted by Crippen LogP contribution is -2.48. The van der Waals surface area contributed by atoms with Gasteiger partial charge in [-0.05, 0) is 13.8 Å². The zero-order chi connectivity index (χ0) is 12.0. The van der Waals surface area contributed by atoms with Crippen molar-refractivity contribution in [3.05, 3.63) is 0 Å². The Labute approximate surface area is 86.8 Å². The Morgan fingerprint density at radius 2 is 1.80 bits per heavy atom. The fourth-order valence-electron chi connectivity index (χ4n) is 0.786. The van der Waals surface area contributed by atoms with Crippen molar-refractivity contribution in [2.75, 3.05) is 7.11 Å². The third kappa shape index (κ3) is 4.41. The second-order valence-corrected chi connectivity index (χ2v) is 2.94. The Bertz CT molecular complexity index is 266. The molecule has 0 saturated carbocycles. The maximum absolute atomic E-state index is 11.3. The van der Waals surface area contributed by atoms with Crippen molar-refractivity contribution in [3.8, 4) is 0 Å². The number of carbonyl (C=O) groups excluding carboxylic acids is 2. The summed E-state index contributed by atoms with van der Waals surface area (Å²) in [5, 5.41) is 8.56. The predicted molar refractivity (Wildman–Crippen MR) is 49.9 cm³/mol. The summed E-state index contributed by atoms with van der Waals surface area (Å²) in [4.78, 5) is 32.4. The molecule has 86 valence electrons. The molecule has 0 aromatic rings. The lowest BCUT2D eigenvalue weighted by molar-refractivity contribution is -0.146. The Kier molecular flexibility index (Phi) is 5.32. The molecule has 0 aromatic carbocycles. The summed E-state index contributed by atoms with van der Waals surface area (Å²) in [7, 11) is 1.17. The largest absolute Gasteiger partial charge is 0.481 e. The summed E-state index contributed by atoms with van der Waals surface area (Å²) in [6.45, 7) is 2.72. The van der Waals surface area contributed by atoms with Crippen LogP contribution in [0.1, 0.15) is 13.8 Å². The fraction of sp³-hybridized carbons (Fsp3) is 0.625. The fourth-order valence-corrected chi connectivity index (χ4v) is 0.786. The van der Waals surface area contributed by atoms with Crippen molar-refractivity contribution in [2.24, 2.45) is 5.92 Å². The lowest BCUT2D eigenvalue weighted by atomic mass is 10.0. The maximum Gasteiger partial charge on any atom is 0.421 e. The van der Waals surface area contributed by atoms with E-state index in [0.717, 1.165) is 0 Å². The lowest BCUT2D eigenvalue weighted by Gasteiger charge is -2.14. The van der Waals surface area contributed by atoms with Crippen LogP contribution in [0.25, 0.3) is 0 Å². The Morgan fingerprint density at radius 1 is 1.27 bits per heavy atom. The minimum Gasteiger partial charge on any atom is -0.481 e. The summed E-state index contributed by atoms with van der Waals surface area (Å²) in [5.41, 5.74) is 4.41. The normalized spacial score (nSPS) is 13.8. The molecule has 15 heavy (non-hydrogen) atoms. The van der Waals surface area contributed by atoms with E-state index in [1.807, 2.05) is 0 Å². The first-order chi connectivity index (χ1) is 6.90.